The molecule has 2 heterocycles. The molecule has 4 bridgehead atoms. The maximum atomic E-state index is 5.40. The maximum Gasteiger partial charge on any atom is 0.205 e. The smallest absolute Gasteiger partial charge is 0.205 e. The zero-order valence-corrected chi connectivity index (χ0v) is 15.4. The third kappa shape index (κ3) is 3.18. The van der Waals surface area contributed by atoms with Crippen LogP contribution in [0.2, 0.25) is 0 Å². The molecule has 4 saturated carbocycles. The van der Waals surface area contributed by atoms with Gasteiger partial charge >= 0.3 is 0 Å². The first-order valence-corrected chi connectivity index (χ1v) is 10.2. The Bertz CT molecular complexity index is 779. The molecule has 0 aromatic carbocycles. The minimum atomic E-state index is 0.522. The van der Waals surface area contributed by atoms with Crippen LogP contribution < -0.4 is 4.57 Å². The topological polar surface area (TPSA) is 17.0 Å². The van der Waals surface area contributed by atoms with Crippen molar-refractivity contribution in [1.82, 2.24) is 0 Å². The van der Waals surface area contributed by atoms with Crippen LogP contribution in [0.3, 0.4) is 0 Å². The lowest BCUT2D eigenvalue weighted by molar-refractivity contribution is -0.688. The van der Waals surface area contributed by atoms with Gasteiger partial charge in [0.15, 0.2) is 12.7 Å². The third-order valence-electron chi connectivity index (χ3n) is 6.80. The van der Waals surface area contributed by atoms with Crippen molar-refractivity contribution in [2.75, 3.05) is 0 Å². The number of hydrogen-bond acceptors (Lipinski definition) is 1. The number of allylic oxidation sites excluding steroid dienone is 2. The highest BCUT2D eigenvalue weighted by Gasteiger charge is 2.49. The summed E-state index contributed by atoms with van der Waals surface area (Å²) in [5.41, 5.74) is 1.73. The third-order valence-corrected chi connectivity index (χ3v) is 6.80. The van der Waals surface area contributed by atoms with Crippen LogP contribution in [-0.4, -0.2) is 0 Å². The van der Waals surface area contributed by atoms with E-state index in [1.807, 2.05) is 18.2 Å². The summed E-state index contributed by atoms with van der Waals surface area (Å²) < 4.78 is 7.72. The summed E-state index contributed by atoms with van der Waals surface area (Å²) in [7, 11) is 0. The van der Waals surface area contributed by atoms with Crippen molar-refractivity contribution in [2.24, 2.45) is 23.2 Å². The molecule has 4 aliphatic carbocycles. The Labute approximate surface area is 156 Å². The second kappa shape index (κ2) is 6.57. The molecule has 0 N–H and O–H groups in total. The van der Waals surface area contributed by atoms with Crippen LogP contribution in [0.1, 0.15) is 50.0 Å². The molecule has 2 nitrogen and oxygen atoms in total. The lowest BCUT2D eigenvalue weighted by atomic mass is 9.49. The molecular formula is C24H28NO+. The van der Waals surface area contributed by atoms with Crippen molar-refractivity contribution in [3.05, 3.63) is 66.4 Å². The van der Waals surface area contributed by atoms with Crippen LogP contribution in [0.25, 0.3) is 12.2 Å². The van der Waals surface area contributed by atoms with Crippen LogP contribution in [0.15, 0.2) is 59.4 Å². The molecule has 4 aliphatic rings. The summed E-state index contributed by atoms with van der Waals surface area (Å²) in [6, 6.07) is 10.3. The number of nitrogens with zero attached hydrogens (tertiary/aromatic N) is 1. The fourth-order valence-corrected chi connectivity index (χ4v) is 6.16. The highest BCUT2D eigenvalue weighted by molar-refractivity contribution is 5.63. The molecule has 0 amide bonds. The van der Waals surface area contributed by atoms with Gasteiger partial charge in [-0.15, -0.1) is 0 Å². The molecule has 0 saturated heterocycles. The molecular weight excluding hydrogens is 318 g/mol. The molecule has 0 aliphatic heterocycles. The van der Waals surface area contributed by atoms with Gasteiger partial charge in [-0.1, -0.05) is 6.08 Å². The quantitative estimate of drug-likeness (QED) is 0.515. The number of aromatic nitrogens is 1. The first-order chi connectivity index (χ1) is 12.8. The van der Waals surface area contributed by atoms with E-state index in [0.29, 0.717) is 5.41 Å². The van der Waals surface area contributed by atoms with Gasteiger partial charge in [0.25, 0.3) is 0 Å². The molecule has 4 fully saturated rings. The monoisotopic (exact) mass is 346 g/mol. The molecule has 0 atom stereocenters. The fraction of sp³-hybridized carbons (Fsp3) is 0.458. The van der Waals surface area contributed by atoms with E-state index in [1.165, 1.54) is 44.2 Å². The minimum absolute atomic E-state index is 0.522. The van der Waals surface area contributed by atoms with Crippen molar-refractivity contribution in [1.29, 1.82) is 0 Å². The number of pyridine rings is 1. The molecule has 134 valence electrons. The van der Waals surface area contributed by atoms with E-state index in [2.05, 4.69) is 47.2 Å². The lowest BCUT2D eigenvalue weighted by Crippen LogP contribution is -2.45. The summed E-state index contributed by atoms with van der Waals surface area (Å²) in [4.78, 5) is 0. The predicted octanol–water partition coefficient (Wildman–Crippen LogP) is 5.51. The molecule has 6 rings (SSSR count). The Balaban J connectivity index is 1.31. The highest BCUT2D eigenvalue weighted by Crippen LogP contribution is 2.60. The number of furan rings is 1. The zero-order chi connectivity index (χ0) is 17.4. The van der Waals surface area contributed by atoms with Gasteiger partial charge in [0.1, 0.15) is 5.76 Å². The highest BCUT2D eigenvalue weighted by atomic mass is 16.3. The average Bonchev–Trinajstić information content (AvgIpc) is 3.13. The van der Waals surface area contributed by atoms with Crippen molar-refractivity contribution in [2.45, 2.75) is 45.1 Å². The zero-order valence-electron chi connectivity index (χ0n) is 15.4. The van der Waals surface area contributed by atoms with E-state index < -0.39 is 0 Å². The first kappa shape index (κ1) is 16.1. The Morgan fingerprint density at radius 2 is 1.73 bits per heavy atom. The summed E-state index contributed by atoms with van der Waals surface area (Å²) >= 11 is 0. The maximum absolute atomic E-state index is 5.40. The van der Waals surface area contributed by atoms with E-state index in [9.17, 15) is 0 Å². The minimum Gasteiger partial charge on any atom is -0.465 e. The molecule has 26 heavy (non-hydrogen) atoms. The molecule has 2 aromatic rings. The fourth-order valence-electron chi connectivity index (χ4n) is 6.16. The van der Waals surface area contributed by atoms with Crippen LogP contribution in [-0.2, 0) is 6.54 Å². The predicted molar refractivity (Wildman–Crippen MR) is 104 cm³/mol. The lowest BCUT2D eigenvalue weighted by Gasteiger charge is -2.55. The van der Waals surface area contributed by atoms with Crippen LogP contribution >= 0.6 is 0 Å². The van der Waals surface area contributed by atoms with E-state index >= 15 is 0 Å². The standard InChI is InChI=1S/C24H28NO/c1-2-10-25(22(5-1)7-8-23-6-3-12-26-23)11-4-9-24-16-19-13-20(17-24)15-21(14-19)18-24/h1-10,12,19-21H,11,13-18H2/q+1/b8-7+,9-4+. The van der Waals surface area contributed by atoms with Crippen molar-refractivity contribution in [3.8, 4) is 0 Å². The van der Waals surface area contributed by atoms with Gasteiger partial charge in [-0.2, -0.15) is 4.57 Å². The van der Waals surface area contributed by atoms with Crippen molar-refractivity contribution >= 4 is 12.2 Å². The number of rotatable bonds is 5. The summed E-state index contributed by atoms with van der Waals surface area (Å²) in [6.07, 6.45) is 22.0. The van der Waals surface area contributed by atoms with E-state index in [0.717, 1.165) is 30.1 Å². The van der Waals surface area contributed by atoms with Gasteiger partial charge in [-0.05, 0) is 92.0 Å². The number of hydrogen-bond donors (Lipinski definition) is 0. The largest absolute Gasteiger partial charge is 0.465 e. The Morgan fingerprint density at radius 3 is 2.42 bits per heavy atom. The Kier molecular flexibility index (Phi) is 4.07. The second-order valence-electron chi connectivity index (χ2n) is 8.81. The van der Waals surface area contributed by atoms with Gasteiger partial charge < -0.3 is 4.42 Å². The Hall–Kier alpha value is -2.09. The van der Waals surface area contributed by atoms with Crippen LogP contribution in [0, 0.1) is 23.2 Å². The second-order valence-corrected chi connectivity index (χ2v) is 8.81. The van der Waals surface area contributed by atoms with Crippen LogP contribution in [0.5, 0.6) is 0 Å². The van der Waals surface area contributed by atoms with Gasteiger partial charge in [-0.3, -0.25) is 0 Å². The van der Waals surface area contributed by atoms with Gasteiger partial charge in [-0.25, -0.2) is 0 Å². The first-order valence-electron chi connectivity index (χ1n) is 10.2. The summed E-state index contributed by atoms with van der Waals surface area (Å²) in [6.45, 7) is 0.945. The van der Waals surface area contributed by atoms with Gasteiger partial charge in [0.2, 0.25) is 5.69 Å². The van der Waals surface area contributed by atoms with Gasteiger partial charge in [0, 0.05) is 18.2 Å². The Morgan fingerprint density at radius 1 is 0.962 bits per heavy atom. The summed E-state index contributed by atoms with van der Waals surface area (Å²) in [5.74, 6) is 3.94. The van der Waals surface area contributed by atoms with E-state index in [4.69, 9.17) is 4.42 Å². The van der Waals surface area contributed by atoms with Gasteiger partial charge in [0.05, 0.1) is 6.26 Å². The molecule has 0 spiro atoms. The molecule has 0 radical (unpaired) electrons. The normalized spacial score (nSPS) is 32.8. The van der Waals surface area contributed by atoms with Crippen molar-refractivity contribution < 1.29 is 8.98 Å². The van der Waals surface area contributed by atoms with E-state index in [1.54, 1.807) is 6.26 Å². The van der Waals surface area contributed by atoms with Crippen LogP contribution in [0.4, 0.5) is 0 Å². The molecule has 2 aromatic heterocycles. The SMILES string of the molecule is C(=C\C12CC3CC(CC(C3)C1)C2)/C[n+]1ccccc1/C=C/c1ccco1. The summed E-state index contributed by atoms with van der Waals surface area (Å²) in [5, 5.41) is 0. The van der Waals surface area contributed by atoms with E-state index in [-0.39, 0.29) is 0 Å². The molecule has 0 unspecified atom stereocenters. The average molecular weight is 346 g/mol. The van der Waals surface area contributed by atoms with Crippen molar-refractivity contribution in [3.63, 3.8) is 0 Å². The molecule has 2 heteroatoms.